The normalized spacial score (nSPS) is 11.2. The van der Waals surface area contributed by atoms with Crippen molar-refractivity contribution in [1.82, 2.24) is 0 Å². The Morgan fingerprint density at radius 3 is 2.18 bits per heavy atom. The molecule has 0 fully saturated rings. The number of hydrogen-bond acceptors (Lipinski definition) is 3. The summed E-state index contributed by atoms with van der Waals surface area (Å²) in [6, 6.07) is 14.8. The van der Waals surface area contributed by atoms with E-state index < -0.39 is 0 Å². The van der Waals surface area contributed by atoms with Crippen molar-refractivity contribution in [3.8, 4) is 0 Å². The Balaban J connectivity index is 1.87. The van der Waals surface area contributed by atoms with Crippen LogP contribution in [0.3, 0.4) is 0 Å². The van der Waals surface area contributed by atoms with E-state index in [1.54, 1.807) is 30.3 Å². The number of anilines is 1. The van der Waals surface area contributed by atoms with Gasteiger partial charge in [-0.05, 0) is 59.7 Å². The average Bonchev–Trinajstić information content (AvgIpc) is 2.67. The zero-order valence-corrected chi connectivity index (χ0v) is 17.1. The highest BCUT2D eigenvalue weighted by Gasteiger charge is 2.08. The van der Waals surface area contributed by atoms with Crippen LogP contribution in [0.25, 0.3) is 6.08 Å². The highest BCUT2D eigenvalue weighted by molar-refractivity contribution is 6.02. The van der Waals surface area contributed by atoms with Crippen molar-refractivity contribution in [2.75, 3.05) is 11.9 Å². The van der Waals surface area contributed by atoms with E-state index in [0.717, 1.165) is 12.0 Å². The van der Waals surface area contributed by atoms with Crippen LogP contribution in [0.15, 0.2) is 54.6 Å². The molecule has 148 valence electrons. The molecule has 0 radical (unpaired) electrons. The third-order valence-corrected chi connectivity index (χ3v) is 4.35. The van der Waals surface area contributed by atoms with Crippen LogP contribution in [-0.4, -0.2) is 18.5 Å². The van der Waals surface area contributed by atoms with Crippen LogP contribution in [0, 0.1) is 5.92 Å². The summed E-state index contributed by atoms with van der Waals surface area (Å²) >= 11 is 0. The minimum absolute atomic E-state index is 0.222. The summed E-state index contributed by atoms with van der Waals surface area (Å²) in [5.74, 6) is 0.409. The van der Waals surface area contributed by atoms with Gasteiger partial charge in [-0.3, -0.25) is 4.79 Å². The standard InChI is InChI=1S/C24H29NO3/c1-17(2)15-16-28-24(27)21-10-12-22(13-11-21)25-23(26)14-7-19-5-8-20(9-6-19)18(3)4/h5-14,17-18H,15-16H2,1-4H3,(H,25,26)/b14-7+. The Morgan fingerprint density at radius 1 is 0.964 bits per heavy atom. The average molecular weight is 380 g/mol. The molecule has 0 bridgehead atoms. The fourth-order valence-corrected chi connectivity index (χ4v) is 2.51. The van der Waals surface area contributed by atoms with Crippen LogP contribution in [0.4, 0.5) is 5.69 Å². The first-order valence-corrected chi connectivity index (χ1v) is 9.71. The molecule has 1 amide bonds. The molecule has 0 saturated carbocycles. The maximum absolute atomic E-state index is 12.1. The Labute approximate surface area is 167 Å². The maximum Gasteiger partial charge on any atom is 0.338 e. The molecule has 0 aliphatic rings. The molecule has 2 aromatic rings. The van der Waals surface area contributed by atoms with Crippen LogP contribution in [-0.2, 0) is 9.53 Å². The second-order valence-corrected chi connectivity index (χ2v) is 7.54. The topological polar surface area (TPSA) is 55.4 Å². The van der Waals surface area contributed by atoms with Gasteiger partial charge in [-0.1, -0.05) is 52.0 Å². The fraction of sp³-hybridized carbons (Fsp3) is 0.333. The number of carbonyl (C=O) groups is 2. The quantitative estimate of drug-likeness (QED) is 0.475. The Morgan fingerprint density at radius 2 is 1.61 bits per heavy atom. The highest BCUT2D eigenvalue weighted by atomic mass is 16.5. The van der Waals surface area contributed by atoms with E-state index in [-0.39, 0.29) is 11.9 Å². The molecule has 2 rings (SSSR count). The zero-order chi connectivity index (χ0) is 20.5. The molecule has 1 N–H and O–H groups in total. The van der Waals surface area contributed by atoms with Crippen molar-refractivity contribution in [3.63, 3.8) is 0 Å². The van der Waals surface area contributed by atoms with Crippen LogP contribution in [0.1, 0.15) is 61.5 Å². The van der Waals surface area contributed by atoms with Crippen molar-refractivity contribution in [1.29, 1.82) is 0 Å². The molecule has 0 atom stereocenters. The van der Waals surface area contributed by atoms with Gasteiger partial charge in [-0.15, -0.1) is 0 Å². The molecule has 4 heteroatoms. The molecular formula is C24H29NO3. The van der Waals surface area contributed by atoms with E-state index in [0.29, 0.717) is 29.7 Å². The highest BCUT2D eigenvalue weighted by Crippen LogP contribution is 2.16. The molecule has 0 unspecified atom stereocenters. The largest absolute Gasteiger partial charge is 0.462 e. The van der Waals surface area contributed by atoms with E-state index >= 15 is 0 Å². The van der Waals surface area contributed by atoms with E-state index in [4.69, 9.17) is 4.74 Å². The van der Waals surface area contributed by atoms with Gasteiger partial charge in [0, 0.05) is 11.8 Å². The number of ether oxygens (including phenoxy) is 1. The molecule has 28 heavy (non-hydrogen) atoms. The Bertz CT molecular complexity index is 803. The van der Waals surface area contributed by atoms with Gasteiger partial charge < -0.3 is 10.1 Å². The number of nitrogens with one attached hydrogen (secondary N) is 1. The molecule has 0 spiro atoms. The zero-order valence-electron chi connectivity index (χ0n) is 17.1. The third kappa shape index (κ3) is 7.03. The fourth-order valence-electron chi connectivity index (χ4n) is 2.51. The second kappa shape index (κ2) is 10.5. The number of carbonyl (C=O) groups excluding carboxylic acids is 2. The first-order valence-electron chi connectivity index (χ1n) is 9.71. The lowest BCUT2D eigenvalue weighted by atomic mass is 10.0. The number of amides is 1. The molecular weight excluding hydrogens is 350 g/mol. The van der Waals surface area contributed by atoms with Crippen molar-refractivity contribution in [2.45, 2.75) is 40.0 Å². The van der Waals surface area contributed by atoms with Gasteiger partial charge in [0.25, 0.3) is 0 Å². The predicted octanol–water partition coefficient (Wildman–Crippen LogP) is 5.66. The van der Waals surface area contributed by atoms with Crippen molar-refractivity contribution in [2.24, 2.45) is 5.92 Å². The summed E-state index contributed by atoms with van der Waals surface area (Å²) in [4.78, 5) is 24.1. The first kappa shape index (κ1) is 21.4. The lowest BCUT2D eigenvalue weighted by molar-refractivity contribution is -0.111. The number of rotatable bonds is 8. The van der Waals surface area contributed by atoms with Crippen LogP contribution in [0.2, 0.25) is 0 Å². The molecule has 0 aliphatic carbocycles. The van der Waals surface area contributed by atoms with Gasteiger partial charge in [0.2, 0.25) is 5.91 Å². The molecule has 2 aromatic carbocycles. The van der Waals surface area contributed by atoms with Crippen molar-refractivity contribution >= 4 is 23.6 Å². The summed E-state index contributed by atoms with van der Waals surface area (Å²) < 4.78 is 5.23. The van der Waals surface area contributed by atoms with Gasteiger partial charge in [-0.2, -0.15) is 0 Å². The molecule has 0 heterocycles. The summed E-state index contributed by atoms with van der Waals surface area (Å²) in [6.45, 7) is 8.88. The summed E-state index contributed by atoms with van der Waals surface area (Å²) in [7, 11) is 0. The Kier molecular flexibility index (Phi) is 8.00. The van der Waals surface area contributed by atoms with E-state index in [9.17, 15) is 9.59 Å². The first-order chi connectivity index (χ1) is 13.3. The predicted molar refractivity (Wildman–Crippen MR) is 114 cm³/mol. The Hall–Kier alpha value is -2.88. The smallest absolute Gasteiger partial charge is 0.338 e. The summed E-state index contributed by atoms with van der Waals surface area (Å²) in [5, 5.41) is 2.79. The minimum Gasteiger partial charge on any atom is -0.462 e. The molecule has 0 aromatic heterocycles. The minimum atomic E-state index is -0.344. The van der Waals surface area contributed by atoms with Gasteiger partial charge in [-0.25, -0.2) is 4.79 Å². The van der Waals surface area contributed by atoms with E-state index in [1.165, 1.54) is 11.6 Å². The summed E-state index contributed by atoms with van der Waals surface area (Å²) in [6.07, 6.45) is 4.12. The summed E-state index contributed by atoms with van der Waals surface area (Å²) in [5.41, 5.74) is 3.34. The molecule has 0 aliphatic heterocycles. The van der Waals surface area contributed by atoms with Gasteiger partial charge in [0.15, 0.2) is 0 Å². The number of hydrogen-bond donors (Lipinski definition) is 1. The monoisotopic (exact) mass is 379 g/mol. The van der Waals surface area contributed by atoms with E-state index in [1.807, 2.05) is 12.1 Å². The van der Waals surface area contributed by atoms with Gasteiger partial charge in [0.05, 0.1) is 12.2 Å². The number of benzene rings is 2. The maximum atomic E-state index is 12.1. The van der Waals surface area contributed by atoms with Crippen molar-refractivity contribution < 1.29 is 14.3 Å². The lowest BCUT2D eigenvalue weighted by Gasteiger charge is -2.07. The van der Waals surface area contributed by atoms with Crippen molar-refractivity contribution in [3.05, 3.63) is 71.3 Å². The lowest BCUT2D eigenvalue weighted by Crippen LogP contribution is -2.10. The van der Waals surface area contributed by atoms with Gasteiger partial charge in [0.1, 0.15) is 0 Å². The van der Waals surface area contributed by atoms with Crippen LogP contribution in [0.5, 0.6) is 0 Å². The van der Waals surface area contributed by atoms with E-state index in [2.05, 4.69) is 45.1 Å². The molecule has 4 nitrogen and oxygen atoms in total. The number of esters is 1. The van der Waals surface area contributed by atoms with Gasteiger partial charge >= 0.3 is 5.97 Å². The second-order valence-electron chi connectivity index (χ2n) is 7.54. The SMILES string of the molecule is CC(C)CCOC(=O)c1ccc(NC(=O)/C=C/c2ccc(C(C)C)cc2)cc1. The van der Waals surface area contributed by atoms with Crippen LogP contribution >= 0.6 is 0 Å². The third-order valence-electron chi connectivity index (χ3n) is 4.35. The molecule has 0 saturated heterocycles. The van der Waals surface area contributed by atoms with Crippen LogP contribution < -0.4 is 5.32 Å².